The number of carbonyl (C=O) groups is 1. The molecule has 0 atom stereocenters. The summed E-state index contributed by atoms with van der Waals surface area (Å²) in [7, 11) is -3.78. The van der Waals surface area contributed by atoms with Gasteiger partial charge in [-0.05, 0) is 43.7 Å². The van der Waals surface area contributed by atoms with Crippen LogP contribution in [0.15, 0.2) is 89.3 Å². The van der Waals surface area contributed by atoms with Gasteiger partial charge in [0.05, 0.1) is 15.1 Å². The molecule has 39 heavy (non-hydrogen) atoms. The molecule has 0 fully saturated rings. The number of ether oxygens (including phenoxy) is 2. The number of fused-ring (bicyclic) bond motifs is 2. The molecule has 8 nitrogen and oxygen atoms in total. The van der Waals surface area contributed by atoms with Gasteiger partial charge in [-0.3, -0.25) is 4.79 Å². The van der Waals surface area contributed by atoms with E-state index in [1.54, 1.807) is 6.08 Å². The van der Waals surface area contributed by atoms with Gasteiger partial charge >= 0.3 is 0 Å². The Kier molecular flexibility index (Phi) is 7.69. The molecule has 2 heterocycles. The summed E-state index contributed by atoms with van der Waals surface area (Å²) in [6.07, 6.45) is 1.74. The fraction of sp³-hybridized carbons (Fsp3) is 0.241. The van der Waals surface area contributed by atoms with E-state index in [0.29, 0.717) is 41.6 Å². The van der Waals surface area contributed by atoms with Crippen molar-refractivity contribution in [1.29, 1.82) is 0 Å². The van der Waals surface area contributed by atoms with Crippen molar-refractivity contribution in [3.8, 4) is 11.5 Å². The van der Waals surface area contributed by atoms with Crippen molar-refractivity contribution in [2.75, 3.05) is 13.2 Å². The van der Waals surface area contributed by atoms with Gasteiger partial charge in [0.25, 0.3) is 5.91 Å². The number of aromatic nitrogens is 1. The molecule has 1 amide bonds. The van der Waals surface area contributed by atoms with Crippen LogP contribution in [-0.2, 0) is 23.1 Å². The zero-order valence-corrected chi connectivity index (χ0v) is 23.4. The average molecular weight is 564 g/mol. The number of nitrogens with zero attached hydrogens (tertiary/aromatic N) is 3. The van der Waals surface area contributed by atoms with Crippen LogP contribution in [0.3, 0.4) is 0 Å². The fourth-order valence-electron chi connectivity index (χ4n) is 4.36. The second kappa shape index (κ2) is 11.2. The highest BCUT2D eigenvalue weighted by molar-refractivity contribution is 7.89. The maximum Gasteiger partial charge on any atom is 0.279 e. The van der Waals surface area contributed by atoms with E-state index < -0.39 is 15.9 Å². The topological polar surface area (TPSA) is 90.2 Å². The van der Waals surface area contributed by atoms with Crippen molar-refractivity contribution in [2.45, 2.75) is 37.9 Å². The SMILES string of the molecule is C=CCn1c(=NC(=O)c2ccc(S(=O)(=O)N(Cc3ccccc3)C(C)C)cc2)sc2cc3c(cc21)OCCO3. The van der Waals surface area contributed by atoms with Gasteiger partial charge in [-0.2, -0.15) is 9.30 Å². The maximum atomic E-state index is 13.5. The number of allylic oxidation sites excluding steroid dienone is 1. The minimum atomic E-state index is -3.78. The molecule has 0 spiro atoms. The lowest BCUT2D eigenvalue weighted by atomic mass is 10.2. The Hall–Kier alpha value is -3.73. The predicted molar refractivity (Wildman–Crippen MR) is 152 cm³/mol. The Morgan fingerprint density at radius 1 is 1.08 bits per heavy atom. The molecular weight excluding hydrogens is 534 g/mol. The third-order valence-electron chi connectivity index (χ3n) is 6.32. The lowest BCUT2D eigenvalue weighted by molar-refractivity contribution is 0.0997. The van der Waals surface area contributed by atoms with Gasteiger partial charge in [0.15, 0.2) is 16.3 Å². The van der Waals surface area contributed by atoms with Gasteiger partial charge in [-0.1, -0.05) is 47.7 Å². The molecule has 202 valence electrons. The minimum absolute atomic E-state index is 0.123. The Bertz CT molecular complexity index is 1690. The van der Waals surface area contributed by atoms with Gasteiger partial charge in [-0.15, -0.1) is 6.58 Å². The largest absolute Gasteiger partial charge is 0.486 e. The predicted octanol–water partition coefficient (Wildman–Crippen LogP) is 5.00. The van der Waals surface area contributed by atoms with Crippen molar-refractivity contribution < 1.29 is 22.7 Å². The molecule has 0 saturated heterocycles. The highest BCUT2D eigenvalue weighted by Crippen LogP contribution is 2.35. The Labute approximate surface area is 231 Å². The molecule has 0 unspecified atom stereocenters. The van der Waals surface area contributed by atoms with E-state index in [-0.39, 0.29) is 17.5 Å². The summed E-state index contributed by atoms with van der Waals surface area (Å²) in [6, 6.07) is 18.9. The number of sulfonamides is 1. The van der Waals surface area contributed by atoms with Gasteiger partial charge in [0, 0.05) is 36.8 Å². The smallest absolute Gasteiger partial charge is 0.279 e. The second-order valence-electron chi connectivity index (χ2n) is 9.32. The first kappa shape index (κ1) is 26.9. The van der Waals surface area contributed by atoms with E-state index in [1.165, 1.54) is 39.9 Å². The van der Waals surface area contributed by atoms with E-state index in [4.69, 9.17) is 9.47 Å². The summed E-state index contributed by atoms with van der Waals surface area (Å²) in [5.41, 5.74) is 2.06. The maximum absolute atomic E-state index is 13.5. The monoisotopic (exact) mass is 563 g/mol. The van der Waals surface area contributed by atoms with E-state index >= 15 is 0 Å². The van der Waals surface area contributed by atoms with Crippen molar-refractivity contribution in [3.05, 3.63) is 95.3 Å². The normalized spacial score (nSPS) is 13.8. The van der Waals surface area contributed by atoms with Gasteiger partial charge in [0.1, 0.15) is 13.2 Å². The summed E-state index contributed by atoms with van der Waals surface area (Å²) < 4.78 is 42.6. The van der Waals surface area contributed by atoms with Crippen LogP contribution >= 0.6 is 11.3 Å². The molecule has 0 saturated carbocycles. The van der Waals surface area contributed by atoms with Crippen LogP contribution < -0.4 is 14.3 Å². The number of amides is 1. The highest BCUT2D eigenvalue weighted by Gasteiger charge is 2.27. The van der Waals surface area contributed by atoms with Gasteiger partial charge in [-0.25, -0.2) is 8.42 Å². The molecule has 0 bridgehead atoms. The molecule has 0 radical (unpaired) electrons. The zero-order chi connectivity index (χ0) is 27.6. The first-order chi connectivity index (χ1) is 18.8. The van der Waals surface area contributed by atoms with Crippen LogP contribution in [0.1, 0.15) is 29.8 Å². The summed E-state index contributed by atoms with van der Waals surface area (Å²) in [5, 5.41) is 0. The number of benzene rings is 3. The summed E-state index contributed by atoms with van der Waals surface area (Å²) in [4.78, 5) is 18.1. The van der Waals surface area contributed by atoms with E-state index in [9.17, 15) is 13.2 Å². The van der Waals surface area contributed by atoms with Crippen LogP contribution in [0.5, 0.6) is 11.5 Å². The average Bonchev–Trinajstić information content (AvgIpc) is 3.26. The summed E-state index contributed by atoms with van der Waals surface area (Å²) in [5.74, 6) is 0.852. The fourth-order valence-corrected chi connectivity index (χ4v) is 7.03. The van der Waals surface area contributed by atoms with E-state index in [0.717, 1.165) is 15.8 Å². The molecular formula is C29H29N3O5S2. The molecule has 4 aromatic rings. The Morgan fingerprint density at radius 2 is 1.74 bits per heavy atom. The molecule has 1 aromatic heterocycles. The molecule has 0 N–H and O–H groups in total. The molecule has 0 aliphatic carbocycles. The first-order valence-electron chi connectivity index (χ1n) is 12.6. The Morgan fingerprint density at radius 3 is 2.38 bits per heavy atom. The van der Waals surface area contributed by atoms with E-state index in [2.05, 4.69) is 11.6 Å². The van der Waals surface area contributed by atoms with Crippen molar-refractivity contribution in [3.63, 3.8) is 0 Å². The quantitative estimate of drug-likeness (QED) is 0.282. The molecule has 1 aliphatic rings. The Balaban J connectivity index is 1.45. The van der Waals surface area contributed by atoms with Crippen LogP contribution in [0.4, 0.5) is 0 Å². The minimum Gasteiger partial charge on any atom is -0.486 e. The number of hydrogen-bond acceptors (Lipinski definition) is 6. The highest BCUT2D eigenvalue weighted by atomic mass is 32.2. The van der Waals surface area contributed by atoms with Crippen molar-refractivity contribution in [1.82, 2.24) is 8.87 Å². The third kappa shape index (κ3) is 5.54. The van der Waals surface area contributed by atoms with Crippen molar-refractivity contribution >= 4 is 37.5 Å². The van der Waals surface area contributed by atoms with Crippen LogP contribution in [0.2, 0.25) is 0 Å². The molecule has 3 aromatic carbocycles. The summed E-state index contributed by atoms with van der Waals surface area (Å²) in [6.45, 7) is 9.19. The standard InChI is InChI=1S/C29H29N3O5S2/c1-4-14-31-24-17-25-26(37-16-15-36-25)18-27(24)38-29(31)30-28(33)22-10-12-23(13-11-22)39(34,35)32(20(2)3)19-21-8-6-5-7-9-21/h4-13,17-18,20H,1,14-16,19H2,2-3H3. The van der Waals surface area contributed by atoms with Crippen LogP contribution in [0, 0.1) is 0 Å². The molecule has 5 rings (SSSR count). The third-order valence-corrected chi connectivity index (χ3v) is 9.40. The van der Waals surface area contributed by atoms with E-state index in [1.807, 2.05) is 60.9 Å². The number of hydrogen-bond donors (Lipinski definition) is 0. The van der Waals surface area contributed by atoms with Crippen LogP contribution in [0.25, 0.3) is 10.2 Å². The van der Waals surface area contributed by atoms with Gasteiger partial charge < -0.3 is 14.0 Å². The summed E-state index contributed by atoms with van der Waals surface area (Å²) >= 11 is 1.36. The lowest BCUT2D eigenvalue weighted by Gasteiger charge is -2.26. The molecule has 10 heteroatoms. The molecule has 1 aliphatic heterocycles. The zero-order valence-electron chi connectivity index (χ0n) is 21.7. The van der Waals surface area contributed by atoms with Crippen molar-refractivity contribution in [2.24, 2.45) is 4.99 Å². The second-order valence-corrected chi connectivity index (χ2v) is 12.2. The van der Waals surface area contributed by atoms with Gasteiger partial charge in [0.2, 0.25) is 10.0 Å². The lowest BCUT2D eigenvalue weighted by Crippen LogP contribution is -2.36. The first-order valence-corrected chi connectivity index (χ1v) is 14.8. The number of carbonyl (C=O) groups excluding carboxylic acids is 1. The van der Waals surface area contributed by atoms with Crippen LogP contribution in [-0.4, -0.2) is 42.5 Å². The number of rotatable bonds is 8. The number of thiazole rings is 1.